The predicted molar refractivity (Wildman–Crippen MR) is 78.7 cm³/mol. The monoisotopic (exact) mass is 286 g/mol. The van der Waals surface area contributed by atoms with Gasteiger partial charge >= 0.3 is 0 Å². The van der Waals surface area contributed by atoms with E-state index in [2.05, 4.69) is 15.2 Å². The molecule has 0 spiro atoms. The molecule has 1 amide bonds. The van der Waals surface area contributed by atoms with E-state index in [1.807, 2.05) is 20.8 Å². The predicted octanol–water partition coefficient (Wildman–Crippen LogP) is 1.07. The lowest BCUT2D eigenvalue weighted by Gasteiger charge is -2.16. The Morgan fingerprint density at radius 2 is 2.16 bits per heavy atom. The zero-order chi connectivity index (χ0) is 14.4. The van der Waals surface area contributed by atoms with E-state index in [1.54, 1.807) is 0 Å². The number of amides is 1. The second-order valence-corrected chi connectivity index (χ2v) is 5.25. The van der Waals surface area contributed by atoms with Gasteiger partial charge in [0.1, 0.15) is 10.7 Å². The Balaban J connectivity index is 2.80. The number of anilines is 2. The first-order valence-electron chi connectivity index (χ1n) is 6.46. The Hall–Kier alpha value is -1.34. The highest BCUT2D eigenvalue weighted by Crippen LogP contribution is 2.27. The van der Waals surface area contributed by atoms with E-state index in [4.69, 9.17) is 10.8 Å². The number of rotatable bonds is 7. The van der Waals surface area contributed by atoms with Crippen molar-refractivity contribution in [3.63, 3.8) is 0 Å². The lowest BCUT2D eigenvalue weighted by Crippen LogP contribution is -2.33. The first-order chi connectivity index (χ1) is 9.03. The Morgan fingerprint density at radius 3 is 2.68 bits per heavy atom. The maximum atomic E-state index is 12.0. The van der Waals surface area contributed by atoms with E-state index in [-0.39, 0.29) is 24.4 Å². The molecule has 0 aliphatic carbocycles. The minimum atomic E-state index is -0.227. The van der Waals surface area contributed by atoms with Gasteiger partial charge < -0.3 is 21.1 Å². The van der Waals surface area contributed by atoms with Crippen molar-refractivity contribution in [1.82, 2.24) is 10.3 Å². The average Bonchev–Trinajstić information content (AvgIpc) is 2.73. The van der Waals surface area contributed by atoms with Crippen molar-refractivity contribution in [3.05, 3.63) is 4.88 Å². The van der Waals surface area contributed by atoms with Crippen molar-refractivity contribution >= 4 is 28.2 Å². The summed E-state index contributed by atoms with van der Waals surface area (Å²) >= 11 is 1.30. The molecule has 0 saturated carbocycles. The molecule has 0 aliphatic heterocycles. The normalized spacial score (nSPS) is 12.2. The van der Waals surface area contributed by atoms with Crippen LogP contribution >= 0.6 is 11.3 Å². The fourth-order valence-electron chi connectivity index (χ4n) is 1.67. The lowest BCUT2D eigenvalue weighted by atomic mass is 10.2. The van der Waals surface area contributed by atoms with Crippen molar-refractivity contribution in [2.45, 2.75) is 33.2 Å². The summed E-state index contributed by atoms with van der Waals surface area (Å²) < 4.78 is 0. The summed E-state index contributed by atoms with van der Waals surface area (Å²) in [5.74, 6) is 0.0370. The van der Waals surface area contributed by atoms with Crippen LogP contribution < -0.4 is 16.0 Å². The van der Waals surface area contributed by atoms with E-state index in [0.29, 0.717) is 11.3 Å². The van der Waals surface area contributed by atoms with E-state index in [0.717, 1.165) is 18.2 Å². The Bertz CT molecular complexity index is 418. The summed E-state index contributed by atoms with van der Waals surface area (Å²) in [6, 6.07) is -0.0871. The molecule has 4 N–H and O–H groups in total. The lowest BCUT2D eigenvalue weighted by molar-refractivity contribution is 0.0939. The summed E-state index contributed by atoms with van der Waals surface area (Å²) in [5.41, 5.74) is 5.80. The molecule has 0 bridgehead atoms. The molecule has 0 radical (unpaired) electrons. The molecule has 108 valence electrons. The third-order valence-corrected chi connectivity index (χ3v) is 3.95. The third kappa shape index (κ3) is 4.07. The van der Waals surface area contributed by atoms with Crippen molar-refractivity contribution in [2.75, 3.05) is 30.3 Å². The molecule has 1 aromatic rings. The van der Waals surface area contributed by atoms with Crippen LogP contribution in [-0.4, -0.2) is 41.7 Å². The van der Waals surface area contributed by atoms with E-state index >= 15 is 0 Å². The number of hydrogen-bond donors (Lipinski definition) is 3. The molecule has 1 heterocycles. The van der Waals surface area contributed by atoms with Crippen molar-refractivity contribution < 1.29 is 9.90 Å². The summed E-state index contributed by atoms with van der Waals surface area (Å²) in [7, 11) is 0. The van der Waals surface area contributed by atoms with Crippen LogP contribution in [0.25, 0.3) is 0 Å². The largest absolute Gasteiger partial charge is 0.396 e. The van der Waals surface area contributed by atoms with Crippen LogP contribution in [-0.2, 0) is 0 Å². The minimum absolute atomic E-state index is 0.0459. The molecule has 7 heteroatoms. The van der Waals surface area contributed by atoms with Gasteiger partial charge in [0.15, 0.2) is 5.13 Å². The number of hydrogen-bond acceptors (Lipinski definition) is 6. The van der Waals surface area contributed by atoms with Crippen LogP contribution in [0.5, 0.6) is 0 Å². The second-order valence-electron chi connectivity index (χ2n) is 4.27. The van der Waals surface area contributed by atoms with Gasteiger partial charge in [-0.15, -0.1) is 0 Å². The van der Waals surface area contributed by atoms with Gasteiger partial charge in [-0.3, -0.25) is 4.79 Å². The van der Waals surface area contributed by atoms with Gasteiger partial charge in [0.05, 0.1) is 0 Å². The van der Waals surface area contributed by atoms with Crippen molar-refractivity contribution in [2.24, 2.45) is 0 Å². The zero-order valence-corrected chi connectivity index (χ0v) is 12.5. The zero-order valence-electron chi connectivity index (χ0n) is 11.6. The first-order valence-corrected chi connectivity index (χ1v) is 7.28. The maximum absolute atomic E-state index is 12.0. The van der Waals surface area contributed by atoms with Crippen LogP contribution in [0.1, 0.15) is 36.9 Å². The van der Waals surface area contributed by atoms with E-state index < -0.39 is 0 Å². The highest BCUT2D eigenvalue weighted by atomic mass is 32.1. The van der Waals surface area contributed by atoms with Crippen LogP contribution in [0.2, 0.25) is 0 Å². The fraction of sp³-hybridized carbons (Fsp3) is 0.667. The van der Waals surface area contributed by atoms with E-state index in [1.165, 1.54) is 11.3 Å². The van der Waals surface area contributed by atoms with Crippen LogP contribution in [0, 0.1) is 0 Å². The molecule has 0 saturated heterocycles. The molecule has 6 nitrogen and oxygen atoms in total. The van der Waals surface area contributed by atoms with Gasteiger partial charge in [0.25, 0.3) is 5.91 Å². The molecule has 1 rings (SSSR count). The maximum Gasteiger partial charge on any atom is 0.265 e. The number of carbonyl (C=O) groups is 1. The standard InChI is InChI=1S/C12H22N4O2S/c1-4-16(5-2)12-15-10(13)9(19-12)11(18)14-8(3)6-7-17/h8,17H,4-7,13H2,1-3H3,(H,14,18). The number of nitrogens with one attached hydrogen (secondary N) is 1. The molecule has 19 heavy (non-hydrogen) atoms. The number of thiazole rings is 1. The van der Waals surface area contributed by atoms with Crippen LogP contribution in [0.3, 0.4) is 0 Å². The Morgan fingerprint density at radius 1 is 1.53 bits per heavy atom. The van der Waals surface area contributed by atoms with Crippen molar-refractivity contribution in [1.29, 1.82) is 0 Å². The average molecular weight is 286 g/mol. The molecule has 0 fully saturated rings. The summed E-state index contributed by atoms with van der Waals surface area (Å²) in [6.07, 6.45) is 0.521. The van der Waals surface area contributed by atoms with Crippen LogP contribution in [0.15, 0.2) is 0 Å². The smallest absolute Gasteiger partial charge is 0.265 e. The van der Waals surface area contributed by atoms with Gasteiger partial charge in [-0.25, -0.2) is 4.98 Å². The van der Waals surface area contributed by atoms with Gasteiger partial charge in [-0.2, -0.15) is 0 Å². The molecular formula is C12H22N4O2S. The molecular weight excluding hydrogens is 264 g/mol. The van der Waals surface area contributed by atoms with Gasteiger partial charge in [0.2, 0.25) is 0 Å². The quantitative estimate of drug-likeness (QED) is 0.697. The summed E-state index contributed by atoms with van der Waals surface area (Å²) in [4.78, 5) is 18.8. The van der Waals surface area contributed by atoms with Crippen LogP contribution in [0.4, 0.5) is 10.9 Å². The third-order valence-electron chi connectivity index (χ3n) is 2.82. The van der Waals surface area contributed by atoms with Gasteiger partial charge in [0, 0.05) is 25.7 Å². The summed E-state index contributed by atoms with van der Waals surface area (Å²) in [5, 5.41) is 12.4. The summed E-state index contributed by atoms with van der Waals surface area (Å²) in [6.45, 7) is 7.60. The molecule has 0 aliphatic rings. The topological polar surface area (TPSA) is 91.5 Å². The molecule has 1 atom stereocenters. The number of aliphatic hydroxyl groups excluding tert-OH is 1. The first kappa shape index (κ1) is 15.7. The highest BCUT2D eigenvalue weighted by molar-refractivity contribution is 7.18. The molecule has 1 unspecified atom stereocenters. The van der Waals surface area contributed by atoms with Gasteiger partial charge in [-0.1, -0.05) is 11.3 Å². The number of nitrogens with zero attached hydrogens (tertiary/aromatic N) is 2. The number of carbonyl (C=O) groups excluding carboxylic acids is 1. The fourth-order valence-corrected chi connectivity index (χ4v) is 2.68. The molecule has 0 aromatic carbocycles. The Labute approximate surface area is 117 Å². The second kappa shape index (κ2) is 7.30. The number of nitrogens with two attached hydrogens (primary N) is 1. The van der Waals surface area contributed by atoms with Gasteiger partial charge in [-0.05, 0) is 27.2 Å². The number of aliphatic hydroxyl groups is 1. The number of aromatic nitrogens is 1. The molecule has 1 aromatic heterocycles. The van der Waals surface area contributed by atoms with Crippen molar-refractivity contribution in [3.8, 4) is 0 Å². The Kier molecular flexibility index (Phi) is 6.04. The SMILES string of the molecule is CCN(CC)c1nc(N)c(C(=O)NC(C)CCO)s1. The highest BCUT2D eigenvalue weighted by Gasteiger charge is 2.19. The minimum Gasteiger partial charge on any atom is -0.396 e. The number of nitrogen functional groups attached to an aromatic ring is 1. The van der Waals surface area contributed by atoms with E-state index in [9.17, 15) is 4.79 Å².